The maximum Gasteiger partial charge on any atom is 0.332 e. The minimum Gasteiger partial charge on any atom is -0.479 e. The molecule has 1 aliphatic heterocycles. The highest BCUT2D eigenvalue weighted by Crippen LogP contribution is 2.22. The third kappa shape index (κ3) is 2.57. The lowest BCUT2D eigenvalue weighted by molar-refractivity contribution is -0.149. The van der Waals surface area contributed by atoms with Gasteiger partial charge < -0.3 is 9.84 Å². The molecule has 80 valence electrons. The minimum absolute atomic E-state index is 0.0634. The molecule has 3 heteroatoms. The Bertz CT molecular complexity index is 334. The predicted molar refractivity (Wildman–Crippen MR) is 55.7 cm³/mol. The summed E-state index contributed by atoms with van der Waals surface area (Å²) >= 11 is 0. The zero-order chi connectivity index (χ0) is 10.7. The smallest absolute Gasteiger partial charge is 0.332 e. The van der Waals surface area contributed by atoms with E-state index in [1.54, 1.807) is 0 Å². The molecule has 1 heterocycles. The number of rotatable bonds is 3. The van der Waals surface area contributed by atoms with Gasteiger partial charge in [0.15, 0.2) is 6.10 Å². The van der Waals surface area contributed by atoms with Gasteiger partial charge in [-0.05, 0) is 24.8 Å². The second-order valence-electron chi connectivity index (χ2n) is 3.85. The van der Waals surface area contributed by atoms with Crippen LogP contribution in [0.15, 0.2) is 30.3 Å². The highest BCUT2D eigenvalue weighted by molar-refractivity contribution is 5.72. The van der Waals surface area contributed by atoms with Crippen molar-refractivity contribution in [3.8, 4) is 0 Å². The summed E-state index contributed by atoms with van der Waals surface area (Å²) in [4.78, 5) is 10.7. The Balaban J connectivity index is 1.90. The van der Waals surface area contributed by atoms with Gasteiger partial charge in [-0.2, -0.15) is 0 Å². The summed E-state index contributed by atoms with van der Waals surface area (Å²) in [6.07, 6.45) is 1.75. The van der Waals surface area contributed by atoms with Crippen LogP contribution in [0.1, 0.15) is 18.4 Å². The molecule has 15 heavy (non-hydrogen) atoms. The van der Waals surface area contributed by atoms with Crippen LogP contribution in [0.3, 0.4) is 0 Å². The van der Waals surface area contributed by atoms with Crippen LogP contribution in [0, 0.1) is 0 Å². The second kappa shape index (κ2) is 4.45. The Hall–Kier alpha value is -1.35. The molecule has 1 N–H and O–H groups in total. The first-order valence-electron chi connectivity index (χ1n) is 5.18. The number of aliphatic carboxylic acids is 1. The Morgan fingerprint density at radius 2 is 2.07 bits per heavy atom. The van der Waals surface area contributed by atoms with Gasteiger partial charge in [0.2, 0.25) is 0 Å². The average Bonchev–Trinajstić information content (AvgIpc) is 2.68. The molecule has 1 aromatic rings. The van der Waals surface area contributed by atoms with Gasteiger partial charge in [0, 0.05) is 0 Å². The van der Waals surface area contributed by atoms with Crippen molar-refractivity contribution in [1.82, 2.24) is 0 Å². The van der Waals surface area contributed by atoms with E-state index < -0.39 is 12.1 Å². The molecule has 0 aliphatic carbocycles. The van der Waals surface area contributed by atoms with E-state index in [4.69, 9.17) is 9.84 Å². The van der Waals surface area contributed by atoms with Crippen LogP contribution in [0.5, 0.6) is 0 Å². The fraction of sp³-hybridized carbons (Fsp3) is 0.417. The topological polar surface area (TPSA) is 46.5 Å². The summed E-state index contributed by atoms with van der Waals surface area (Å²) < 4.78 is 5.43. The third-order valence-electron chi connectivity index (χ3n) is 2.69. The second-order valence-corrected chi connectivity index (χ2v) is 3.85. The quantitative estimate of drug-likeness (QED) is 0.821. The molecule has 0 radical (unpaired) electrons. The molecule has 2 atom stereocenters. The van der Waals surface area contributed by atoms with E-state index in [2.05, 4.69) is 0 Å². The van der Waals surface area contributed by atoms with Gasteiger partial charge in [-0.25, -0.2) is 4.79 Å². The van der Waals surface area contributed by atoms with E-state index in [0.717, 1.165) is 12.8 Å². The summed E-state index contributed by atoms with van der Waals surface area (Å²) in [7, 11) is 0. The Morgan fingerprint density at radius 3 is 2.67 bits per heavy atom. The number of carbonyl (C=O) groups is 1. The first-order valence-corrected chi connectivity index (χ1v) is 5.18. The van der Waals surface area contributed by atoms with E-state index in [9.17, 15) is 4.79 Å². The van der Waals surface area contributed by atoms with Crippen molar-refractivity contribution in [2.45, 2.75) is 31.5 Å². The fourth-order valence-electron chi connectivity index (χ4n) is 1.91. The standard InChI is InChI=1S/C12H14O3/c13-12(14)11-7-6-10(15-11)8-9-4-2-1-3-5-9/h1-5,10-11H,6-8H2,(H,13,14). The monoisotopic (exact) mass is 206 g/mol. The minimum atomic E-state index is -0.842. The van der Waals surface area contributed by atoms with Gasteiger partial charge in [0.05, 0.1) is 6.10 Å². The fourth-order valence-corrected chi connectivity index (χ4v) is 1.91. The lowest BCUT2D eigenvalue weighted by Gasteiger charge is -2.10. The average molecular weight is 206 g/mol. The summed E-state index contributed by atoms with van der Waals surface area (Å²) in [6.45, 7) is 0. The molecule has 1 aromatic carbocycles. The first-order chi connectivity index (χ1) is 7.25. The molecule has 0 bridgehead atoms. The van der Waals surface area contributed by atoms with Crippen LogP contribution in [0.25, 0.3) is 0 Å². The molecule has 3 nitrogen and oxygen atoms in total. The lowest BCUT2D eigenvalue weighted by atomic mass is 10.1. The van der Waals surface area contributed by atoms with Gasteiger partial charge in [-0.15, -0.1) is 0 Å². The van der Waals surface area contributed by atoms with Crippen molar-refractivity contribution >= 4 is 5.97 Å². The van der Waals surface area contributed by atoms with E-state index in [1.807, 2.05) is 30.3 Å². The van der Waals surface area contributed by atoms with Crippen molar-refractivity contribution < 1.29 is 14.6 Å². The van der Waals surface area contributed by atoms with E-state index in [-0.39, 0.29) is 6.10 Å². The number of hydrogen-bond acceptors (Lipinski definition) is 2. The van der Waals surface area contributed by atoms with Crippen molar-refractivity contribution in [2.24, 2.45) is 0 Å². The molecular weight excluding hydrogens is 192 g/mol. The molecule has 2 rings (SSSR count). The van der Waals surface area contributed by atoms with E-state index in [1.165, 1.54) is 5.56 Å². The summed E-state index contributed by atoms with van der Waals surface area (Å²) in [5.41, 5.74) is 1.20. The lowest BCUT2D eigenvalue weighted by Crippen LogP contribution is -2.21. The number of carboxylic acids is 1. The Labute approximate surface area is 88.7 Å². The molecule has 1 fully saturated rings. The van der Waals surface area contributed by atoms with Gasteiger partial charge in [0.25, 0.3) is 0 Å². The van der Waals surface area contributed by atoms with Crippen LogP contribution in [0.4, 0.5) is 0 Å². The first kappa shape index (κ1) is 10.2. The van der Waals surface area contributed by atoms with Crippen LogP contribution in [-0.2, 0) is 16.0 Å². The van der Waals surface area contributed by atoms with Gasteiger partial charge >= 0.3 is 5.97 Å². The number of hydrogen-bond donors (Lipinski definition) is 1. The molecular formula is C12H14O3. The summed E-state index contributed by atoms with van der Waals surface area (Å²) in [6, 6.07) is 10.0. The van der Waals surface area contributed by atoms with Gasteiger partial charge in [-0.1, -0.05) is 30.3 Å². The van der Waals surface area contributed by atoms with Crippen LogP contribution in [0.2, 0.25) is 0 Å². The maximum atomic E-state index is 10.7. The largest absolute Gasteiger partial charge is 0.479 e. The molecule has 0 aromatic heterocycles. The predicted octanol–water partition coefficient (Wildman–Crippen LogP) is 1.86. The van der Waals surface area contributed by atoms with E-state index >= 15 is 0 Å². The molecule has 1 saturated heterocycles. The number of benzene rings is 1. The van der Waals surface area contributed by atoms with E-state index in [0.29, 0.717) is 6.42 Å². The molecule has 0 saturated carbocycles. The van der Waals surface area contributed by atoms with Gasteiger partial charge in [0.1, 0.15) is 0 Å². The van der Waals surface area contributed by atoms with Crippen molar-refractivity contribution in [3.05, 3.63) is 35.9 Å². The van der Waals surface area contributed by atoms with Crippen LogP contribution < -0.4 is 0 Å². The molecule has 0 spiro atoms. The Kier molecular flexibility index (Phi) is 3.02. The SMILES string of the molecule is O=C(O)C1CCC(Cc2ccccc2)O1. The summed E-state index contributed by atoms with van der Waals surface area (Å²) in [5, 5.41) is 8.77. The maximum absolute atomic E-state index is 10.7. The number of carboxylic acid groups (broad SMARTS) is 1. The number of ether oxygens (including phenoxy) is 1. The van der Waals surface area contributed by atoms with Crippen molar-refractivity contribution in [1.29, 1.82) is 0 Å². The Morgan fingerprint density at radius 1 is 1.33 bits per heavy atom. The zero-order valence-electron chi connectivity index (χ0n) is 8.43. The van der Waals surface area contributed by atoms with Crippen molar-refractivity contribution in [3.63, 3.8) is 0 Å². The highest BCUT2D eigenvalue weighted by Gasteiger charge is 2.30. The third-order valence-corrected chi connectivity index (χ3v) is 2.69. The van der Waals surface area contributed by atoms with Gasteiger partial charge in [-0.3, -0.25) is 0 Å². The molecule has 2 unspecified atom stereocenters. The molecule has 1 aliphatic rings. The summed E-state index contributed by atoms with van der Waals surface area (Å²) in [5.74, 6) is -0.842. The van der Waals surface area contributed by atoms with Crippen LogP contribution in [-0.4, -0.2) is 23.3 Å². The molecule has 0 amide bonds. The normalized spacial score (nSPS) is 25.3. The highest BCUT2D eigenvalue weighted by atomic mass is 16.5. The van der Waals surface area contributed by atoms with Crippen molar-refractivity contribution in [2.75, 3.05) is 0 Å². The van der Waals surface area contributed by atoms with Crippen LogP contribution >= 0.6 is 0 Å². The zero-order valence-corrected chi connectivity index (χ0v) is 8.43.